The molecule has 0 aliphatic heterocycles. The van der Waals surface area contributed by atoms with Crippen molar-refractivity contribution in [3.05, 3.63) is 199 Å². The van der Waals surface area contributed by atoms with E-state index < -0.39 is 0 Å². The second-order valence-corrected chi connectivity index (χ2v) is 14.1. The fourth-order valence-electron chi connectivity index (χ4n) is 7.73. The summed E-state index contributed by atoms with van der Waals surface area (Å²) in [6.45, 7) is 0. The van der Waals surface area contributed by atoms with Crippen LogP contribution in [0, 0.1) is 22.7 Å². The fourth-order valence-corrected chi connectivity index (χ4v) is 7.73. The molecule has 10 aromatic rings. The van der Waals surface area contributed by atoms with Crippen molar-refractivity contribution in [1.82, 2.24) is 24.5 Å². The third-order valence-electron chi connectivity index (χ3n) is 10.5. The Labute approximate surface area is 340 Å². The lowest BCUT2D eigenvalue weighted by Crippen LogP contribution is -2.06. The van der Waals surface area contributed by atoms with Crippen LogP contribution in [0.15, 0.2) is 188 Å². The minimum Gasteiger partial charge on any atom is -0.308 e. The first-order chi connectivity index (χ1) is 29.1. The topological polar surface area (TPSA) is 104 Å². The number of rotatable bonds is 7. The molecule has 0 spiro atoms. The van der Waals surface area contributed by atoms with E-state index in [0.717, 1.165) is 66.8 Å². The van der Waals surface area contributed by atoms with Crippen LogP contribution in [0.1, 0.15) is 11.1 Å². The van der Waals surface area contributed by atoms with Crippen LogP contribution in [0.4, 0.5) is 0 Å². The van der Waals surface area contributed by atoms with Crippen molar-refractivity contribution < 1.29 is 0 Å². The molecular weight excluding hydrogens is 723 g/mol. The van der Waals surface area contributed by atoms with E-state index in [0.29, 0.717) is 39.6 Å². The first-order valence-electron chi connectivity index (χ1n) is 19.2. The van der Waals surface area contributed by atoms with Gasteiger partial charge in [-0.1, -0.05) is 140 Å². The van der Waals surface area contributed by atoms with Crippen LogP contribution < -0.4 is 0 Å². The van der Waals surface area contributed by atoms with Gasteiger partial charge in [-0.15, -0.1) is 0 Å². The molecule has 7 nitrogen and oxygen atoms in total. The summed E-state index contributed by atoms with van der Waals surface area (Å²) >= 11 is 0. The molecule has 0 bridgehead atoms. The zero-order valence-corrected chi connectivity index (χ0v) is 31.5. The minimum atomic E-state index is 0.399. The highest BCUT2D eigenvalue weighted by Crippen LogP contribution is 2.42. The third kappa shape index (κ3) is 6.45. The van der Waals surface area contributed by atoms with Gasteiger partial charge in [-0.25, -0.2) is 19.9 Å². The predicted molar refractivity (Wildman–Crippen MR) is 234 cm³/mol. The second-order valence-electron chi connectivity index (χ2n) is 14.1. The van der Waals surface area contributed by atoms with Crippen molar-refractivity contribution in [3.63, 3.8) is 0 Å². The summed E-state index contributed by atoms with van der Waals surface area (Å²) in [5.41, 5.74) is 11.3. The predicted octanol–water partition coefficient (Wildman–Crippen LogP) is 12.1. The van der Waals surface area contributed by atoms with E-state index in [2.05, 4.69) is 28.8 Å². The van der Waals surface area contributed by atoms with E-state index in [1.54, 1.807) is 0 Å². The van der Waals surface area contributed by atoms with Crippen molar-refractivity contribution in [2.24, 2.45) is 0 Å². The lowest BCUT2D eigenvalue weighted by Gasteiger charge is -2.20. The summed E-state index contributed by atoms with van der Waals surface area (Å²) in [6.07, 6.45) is 0. The lowest BCUT2D eigenvalue weighted by molar-refractivity contribution is 1.12. The van der Waals surface area contributed by atoms with Gasteiger partial charge in [0.2, 0.25) is 0 Å². The number of benzene rings is 7. The number of hydrogen-bond acceptors (Lipinski definition) is 6. The molecule has 0 saturated heterocycles. The Morgan fingerprint density at radius 3 is 1.17 bits per heavy atom. The molecule has 3 aromatic heterocycles. The van der Waals surface area contributed by atoms with Crippen LogP contribution in [0.3, 0.4) is 0 Å². The monoisotopic (exact) mass is 753 g/mol. The Morgan fingerprint density at radius 2 is 0.746 bits per heavy atom. The second kappa shape index (κ2) is 14.9. The third-order valence-corrected chi connectivity index (χ3v) is 10.5. The first-order valence-corrected chi connectivity index (χ1v) is 19.2. The minimum absolute atomic E-state index is 0.399. The van der Waals surface area contributed by atoms with Crippen molar-refractivity contribution in [2.75, 3.05) is 0 Å². The van der Waals surface area contributed by atoms with Crippen LogP contribution in [-0.4, -0.2) is 24.5 Å². The van der Waals surface area contributed by atoms with Crippen LogP contribution in [0.25, 0.3) is 95.3 Å². The molecule has 59 heavy (non-hydrogen) atoms. The largest absolute Gasteiger partial charge is 0.308 e. The molecule has 0 radical (unpaired) electrons. The zero-order valence-electron chi connectivity index (χ0n) is 31.5. The SMILES string of the molecule is N#Cc1cc(-c2nc(-c3ccccc3)cc(-c3ccccc3)n2)c(-n2c3ccccc3c3cc(C#N)ccc32)c(-c2nc(-c3ccccc3)cc(-c3ccccc3)n2)c1. The van der Waals surface area contributed by atoms with Gasteiger partial charge in [-0.05, 0) is 48.5 Å². The Morgan fingerprint density at radius 1 is 0.356 bits per heavy atom. The van der Waals surface area contributed by atoms with Crippen LogP contribution in [0.2, 0.25) is 0 Å². The molecule has 0 fully saturated rings. The van der Waals surface area contributed by atoms with Crippen molar-refractivity contribution in [1.29, 1.82) is 10.5 Å². The number of aromatic nitrogens is 5. The van der Waals surface area contributed by atoms with Gasteiger partial charge >= 0.3 is 0 Å². The summed E-state index contributed by atoms with van der Waals surface area (Å²) in [5.74, 6) is 0.862. The molecule has 7 heteroatoms. The van der Waals surface area contributed by atoms with E-state index in [4.69, 9.17) is 19.9 Å². The zero-order chi connectivity index (χ0) is 39.7. The van der Waals surface area contributed by atoms with Gasteiger partial charge < -0.3 is 4.57 Å². The molecule has 0 saturated carbocycles. The van der Waals surface area contributed by atoms with Crippen molar-refractivity contribution in [2.45, 2.75) is 0 Å². The molecule has 0 aliphatic carbocycles. The first kappa shape index (κ1) is 34.9. The van der Waals surface area contributed by atoms with Crippen molar-refractivity contribution >= 4 is 21.8 Å². The number of fused-ring (bicyclic) bond motifs is 3. The molecule has 7 aromatic carbocycles. The Bertz CT molecular complexity index is 3010. The van der Waals surface area contributed by atoms with E-state index in [9.17, 15) is 10.5 Å². The van der Waals surface area contributed by atoms with Crippen molar-refractivity contribution in [3.8, 4) is 85.6 Å². The highest BCUT2D eigenvalue weighted by molar-refractivity contribution is 6.11. The highest BCUT2D eigenvalue weighted by atomic mass is 15.0. The Kier molecular flexibility index (Phi) is 8.80. The summed E-state index contributed by atoms with van der Waals surface area (Å²) in [4.78, 5) is 21.1. The Balaban J connectivity index is 1.37. The fraction of sp³-hybridized carbons (Fsp3) is 0. The molecule has 0 atom stereocenters. The van der Waals surface area contributed by atoms with Crippen LogP contribution in [0.5, 0.6) is 0 Å². The average Bonchev–Trinajstić information content (AvgIpc) is 3.65. The summed E-state index contributed by atoms with van der Waals surface area (Å²) in [7, 11) is 0. The smallest absolute Gasteiger partial charge is 0.162 e. The van der Waals surface area contributed by atoms with E-state index in [1.807, 2.05) is 176 Å². The van der Waals surface area contributed by atoms with Gasteiger partial charge in [0.1, 0.15) is 0 Å². The summed E-state index contributed by atoms with van der Waals surface area (Å²) in [6, 6.07) is 66.5. The number of nitriles is 2. The maximum absolute atomic E-state index is 10.8. The maximum Gasteiger partial charge on any atom is 0.162 e. The Hall–Kier alpha value is -8.52. The van der Waals surface area contributed by atoms with E-state index in [-0.39, 0.29) is 0 Å². The molecule has 10 rings (SSSR count). The average molecular weight is 754 g/mol. The summed E-state index contributed by atoms with van der Waals surface area (Å²) < 4.78 is 2.18. The molecule has 0 aliphatic rings. The van der Waals surface area contributed by atoms with E-state index >= 15 is 0 Å². The number of hydrogen-bond donors (Lipinski definition) is 0. The van der Waals surface area contributed by atoms with E-state index in [1.165, 1.54) is 0 Å². The molecule has 3 heterocycles. The van der Waals surface area contributed by atoms with Gasteiger partial charge in [0.05, 0.1) is 62.8 Å². The molecular formula is C52H31N7. The van der Waals surface area contributed by atoms with Gasteiger partial charge in [0, 0.05) is 44.2 Å². The maximum atomic E-state index is 10.8. The van der Waals surface area contributed by atoms with Crippen LogP contribution >= 0.6 is 0 Å². The highest BCUT2D eigenvalue weighted by Gasteiger charge is 2.25. The standard InChI is InChI=1S/C52H31N7/c53-32-34-25-26-49-41(27-34)40-23-13-14-24-48(40)59(49)50-42(51-55-44(36-15-5-1-6-16-36)30-45(56-51)37-17-7-2-8-18-37)28-35(33-54)29-43(50)52-57-46(38-19-9-3-10-20-38)31-47(58-52)39-21-11-4-12-22-39/h1-31H. The number of para-hydroxylation sites is 1. The van der Waals surface area contributed by atoms with Gasteiger partial charge in [-0.3, -0.25) is 0 Å². The molecule has 0 N–H and O–H groups in total. The van der Waals surface area contributed by atoms with Crippen LogP contribution in [-0.2, 0) is 0 Å². The van der Waals surface area contributed by atoms with Gasteiger partial charge in [-0.2, -0.15) is 10.5 Å². The molecule has 0 amide bonds. The quantitative estimate of drug-likeness (QED) is 0.160. The normalized spacial score (nSPS) is 11.0. The number of nitrogens with zero attached hydrogens (tertiary/aromatic N) is 7. The summed E-state index contributed by atoms with van der Waals surface area (Å²) in [5, 5.41) is 22.6. The lowest BCUT2D eigenvalue weighted by atomic mass is 9.99. The molecule has 0 unspecified atom stereocenters. The van der Waals surface area contributed by atoms with Gasteiger partial charge in [0.15, 0.2) is 11.6 Å². The molecule has 274 valence electrons. The van der Waals surface area contributed by atoms with Gasteiger partial charge in [0.25, 0.3) is 0 Å².